The van der Waals surface area contributed by atoms with Gasteiger partial charge in [-0.1, -0.05) is 12.2 Å². The summed E-state index contributed by atoms with van der Waals surface area (Å²) in [7, 11) is 0. The number of carbonyl (C=O) groups is 1. The van der Waals surface area contributed by atoms with Crippen LogP contribution < -0.4 is 21.7 Å². The van der Waals surface area contributed by atoms with Gasteiger partial charge < -0.3 is 21.7 Å². The molecule has 3 heterocycles. The van der Waals surface area contributed by atoms with Crippen molar-refractivity contribution in [1.29, 1.82) is 0 Å². The SMILES string of the molecule is CCn1ncc(NC(=O)c2nc(C3C=CCC3)sc2N)c1N1CCCC(N)CC1. The molecule has 1 aliphatic carbocycles. The fourth-order valence-electron chi connectivity index (χ4n) is 4.06. The van der Waals surface area contributed by atoms with Crippen LogP contribution in [0.2, 0.25) is 0 Å². The number of thiazole rings is 1. The van der Waals surface area contributed by atoms with Crippen LogP contribution >= 0.6 is 11.3 Å². The summed E-state index contributed by atoms with van der Waals surface area (Å²) in [5, 5.41) is 8.84. The third-order valence-corrected chi connectivity index (χ3v) is 6.66. The Morgan fingerprint density at radius 2 is 2.21 bits per heavy atom. The van der Waals surface area contributed by atoms with Crippen molar-refractivity contribution in [2.24, 2.45) is 5.73 Å². The van der Waals surface area contributed by atoms with E-state index in [9.17, 15) is 4.79 Å². The lowest BCUT2D eigenvalue weighted by Crippen LogP contribution is -2.29. The lowest BCUT2D eigenvalue weighted by molar-refractivity contribution is 0.102. The van der Waals surface area contributed by atoms with Gasteiger partial charge in [-0.15, -0.1) is 11.3 Å². The third kappa shape index (κ3) is 4.16. The summed E-state index contributed by atoms with van der Waals surface area (Å²) >= 11 is 1.40. The number of hydrogen-bond donors (Lipinski definition) is 3. The monoisotopic (exact) mass is 415 g/mol. The zero-order valence-electron chi connectivity index (χ0n) is 16.8. The van der Waals surface area contributed by atoms with Gasteiger partial charge in [-0.25, -0.2) is 9.67 Å². The largest absolute Gasteiger partial charge is 0.389 e. The van der Waals surface area contributed by atoms with Crippen LogP contribution in [0.3, 0.4) is 0 Å². The first-order valence-corrected chi connectivity index (χ1v) is 11.2. The lowest BCUT2D eigenvalue weighted by Gasteiger charge is -2.24. The number of nitrogens with two attached hydrogens (primary N) is 2. The highest BCUT2D eigenvalue weighted by molar-refractivity contribution is 7.16. The molecule has 2 aromatic rings. The molecule has 0 radical (unpaired) electrons. The van der Waals surface area contributed by atoms with Gasteiger partial charge in [0, 0.05) is 31.6 Å². The average Bonchev–Trinajstić information content (AvgIpc) is 3.41. The van der Waals surface area contributed by atoms with E-state index in [1.54, 1.807) is 6.20 Å². The van der Waals surface area contributed by atoms with E-state index < -0.39 is 0 Å². The van der Waals surface area contributed by atoms with Crippen molar-refractivity contribution in [1.82, 2.24) is 14.8 Å². The molecule has 0 aromatic carbocycles. The predicted molar refractivity (Wildman–Crippen MR) is 118 cm³/mol. The second kappa shape index (κ2) is 8.54. The molecule has 2 unspecified atom stereocenters. The molecule has 5 N–H and O–H groups in total. The fourth-order valence-corrected chi connectivity index (χ4v) is 5.00. The number of nitrogens with zero attached hydrogens (tertiary/aromatic N) is 4. The van der Waals surface area contributed by atoms with Crippen molar-refractivity contribution in [2.45, 2.75) is 57.5 Å². The average molecular weight is 416 g/mol. The molecule has 0 spiro atoms. The Morgan fingerprint density at radius 3 is 2.97 bits per heavy atom. The minimum atomic E-state index is -0.282. The van der Waals surface area contributed by atoms with E-state index in [-0.39, 0.29) is 17.9 Å². The normalized spacial score (nSPS) is 22.1. The van der Waals surface area contributed by atoms with Crippen LogP contribution in [0.25, 0.3) is 0 Å². The first-order chi connectivity index (χ1) is 14.1. The van der Waals surface area contributed by atoms with Crippen molar-refractivity contribution in [3.8, 4) is 0 Å². The van der Waals surface area contributed by atoms with Gasteiger partial charge in [-0.2, -0.15) is 5.10 Å². The molecule has 1 aliphatic heterocycles. The Balaban J connectivity index is 1.56. The number of carbonyl (C=O) groups excluding carboxylic acids is 1. The standard InChI is InChI=1S/C20H29N7OS/c1-2-27-20(26-10-5-8-14(21)9-11-26)15(12-23-27)24-18(28)16-17(22)29-19(25-16)13-6-3-4-7-13/h3,6,12-14H,2,4-5,7-11,21-22H2,1H3,(H,24,28). The molecule has 29 heavy (non-hydrogen) atoms. The van der Waals surface area contributed by atoms with Gasteiger partial charge in [0.1, 0.15) is 15.7 Å². The molecule has 0 bridgehead atoms. The maximum Gasteiger partial charge on any atom is 0.277 e. The molecule has 2 atom stereocenters. The molecular weight excluding hydrogens is 386 g/mol. The van der Waals surface area contributed by atoms with Crippen molar-refractivity contribution >= 4 is 33.8 Å². The van der Waals surface area contributed by atoms with Gasteiger partial charge in [-0.3, -0.25) is 4.79 Å². The van der Waals surface area contributed by atoms with Crippen molar-refractivity contribution in [3.05, 3.63) is 29.1 Å². The molecule has 1 fully saturated rings. The second-order valence-electron chi connectivity index (χ2n) is 7.71. The number of anilines is 3. The van der Waals surface area contributed by atoms with E-state index in [0.717, 1.165) is 62.6 Å². The van der Waals surface area contributed by atoms with Crippen LogP contribution in [0.15, 0.2) is 18.3 Å². The number of nitrogen functional groups attached to an aromatic ring is 1. The van der Waals surface area contributed by atoms with E-state index >= 15 is 0 Å². The third-order valence-electron chi connectivity index (χ3n) is 5.65. The summed E-state index contributed by atoms with van der Waals surface area (Å²) in [6, 6.07) is 0.230. The molecule has 1 amide bonds. The molecule has 156 valence electrons. The molecule has 9 heteroatoms. The van der Waals surface area contributed by atoms with Crippen LogP contribution in [0.4, 0.5) is 16.5 Å². The van der Waals surface area contributed by atoms with Crippen LogP contribution in [0.1, 0.15) is 60.4 Å². The summed E-state index contributed by atoms with van der Waals surface area (Å²) in [4.78, 5) is 19.8. The molecule has 8 nitrogen and oxygen atoms in total. The van der Waals surface area contributed by atoms with Gasteiger partial charge in [0.15, 0.2) is 11.5 Å². The Morgan fingerprint density at radius 1 is 1.34 bits per heavy atom. The summed E-state index contributed by atoms with van der Waals surface area (Å²) in [6.07, 6.45) is 11.1. The quantitative estimate of drug-likeness (QED) is 0.647. The Kier molecular flexibility index (Phi) is 5.86. The zero-order chi connectivity index (χ0) is 20.4. The van der Waals surface area contributed by atoms with Gasteiger partial charge in [-0.05, 0) is 39.0 Å². The number of rotatable bonds is 5. The Labute approximate surface area is 175 Å². The van der Waals surface area contributed by atoms with Crippen LogP contribution in [-0.4, -0.2) is 39.8 Å². The molecule has 4 rings (SSSR count). The van der Waals surface area contributed by atoms with Crippen molar-refractivity contribution < 1.29 is 4.79 Å². The number of allylic oxidation sites excluding steroid dienone is 2. The van der Waals surface area contributed by atoms with Crippen molar-refractivity contribution in [3.63, 3.8) is 0 Å². The van der Waals surface area contributed by atoms with Crippen LogP contribution in [-0.2, 0) is 6.54 Å². The highest BCUT2D eigenvalue weighted by atomic mass is 32.1. The Hall–Kier alpha value is -2.39. The molecular formula is C20H29N7OS. The lowest BCUT2D eigenvalue weighted by atomic mass is 10.1. The summed E-state index contributed by atoms with van der Waals surface area (Å²) in [6.45, 7) is 4.53. The topological polar surface area (TPSA) is 115 Å². The van der Waals surface area contributed by atoms with E-state index in [1.807, 2.05) is 11.6 Å². The molecule has 0 saturated carbocycles. The number of aromatic nitrogens is 3. The minimum Gasteiger partial charge on any atom is -0.389 e. The van der Waals surface area contributed by atoms with Crippen LogP contribution in [0, 0.1) is 0 Å². The minimum absolute atomic E-state index is 0.230. The number of aryl methyl sites for hydroxylation is 1. The Bertz CT molecular complexity index is 903. The van der Waals surface area contributed by atoms with E-state index in [4.69, 9.17) is 11.5 Å². The van der Waals surface area contributed by atoms with Gasteiger partial charge in [0.05, 0.1) is 6.20 Å². The first-order valence-electron chi connectivity index (χ1n) is 10.4. The maximum atomic E-state index is 13.0. The van der Waals surface area contributed by atoms with E-state index in [1.165, 1.54) is 11.3 Å². The highest BCUT2D eigenvalue weighted by Crippen LogP contribution is 2.35. The maximum absolute atomic E-state index is 13.0. The molecule has 2 aromatic heterocycles. The summed E-state index contributed by atoms with van der Waals surface area (Å²) < 4.78 is 1.92. The number of hydrogen-bond acceptors (Lipinski definition) is 7. The predicted octanol–water partition coefficient (Wildman–Crippen LogP) is 2.95. The van der Waals surface area contributed by atoms with Gasteiger partial charge >= 0.3 is 0 Å². The number of amides is 1. The van der Waals surface area contributed by atoms with E-state index in [2.05, 4.69) is 32.5 Å². The van der Waals surface area contributed by atoms with Gasteiger partial charge in [0.25, 0.3) is 5.91 Å². The first kappa shape index (κ1) is 19.9. The van der Waals surface area contributed by atoms with Crippen molar-refractivity contribution in [2.75, 3.05) is 29.0 Å². The van der Waals surface area contributed by atoms with Crippen LogP contribution in [0.5, 0.6) is 0 Å². The fraction of sp³-hybridized carbons (Fsp3) is 0.550. The molecule has 1 saturated heterocycles. The van der Waals surface area contributed by atoms with E-state index in [0.29, 0.717) is 16.4 Å². The smallest absolute Gasteiger partial charge is 0.277 e. The zero-order valence-corrected chi connectivity index (χ0v) is 17.6. The summed E-state index contributed by atoms with van der Waals surface area (Å²) in [5.74, 6) is 0.918. The molecule has 2 aliphatic rings. The second-order valence-corrected chi connectivity index (χ2v) is 8.77. The van der Waals surface area contributed by atoms with Gasteiger partial charge in [0.2, 0.25) is 0 Å². The highest BCUT2D eigenvalue weighted by Gasteiger charge is 2.25. The number of nitrogens with one attached hydrogen (secondary N) is 1. The summed E-state index contributed by atoms with van der Waals surface area (Å²) in [5.41, 5.74) is 13.3.